The van der Waals surface area contributed by atoms with E-state index in [1.54, 1.807) is 11.3 Å². The molecule has 102 valence electrons. The lowest BCUT2D eigenvalue weighted by atomic mass is 10.0. The number of nitrogens with two attached hydrogens (primary N) is 1. The fourth-order valence-electron chi connectivity index (χ4n) is 2.27. The van der Waals surface area contributed by atoms with Crippen molar-refractivity contribution in [1.82, 2.24) is 0 Å². The maximum atomic E-state index is 13.4. The average molecular weight is 350 g/mol. The van der Waals surface area contributed by atoms with Crippen LogP contribution in [0.3, 0.4) is 0 Å². The number of rotatable bonds is 3. The number of halogens is 2. The molecule has 0 saturated carbocycles. The van der Waals surface area contributed by atoms with Crippen LogP contribution in [0.5, 0.6) is 0 Å². The number of thiophene rings is 1. The normalized spacial score (nSPS) is 12.8. The van der Waals surface area contributed by atoms with Crippen molar-refractivity contribution in [2.45, 2.75) is 12.5 Å². The Balaban J connectivity index is 1.86. The molecule has 1 atom stereocenters. The van der Waals surface area contributed by atoms with E-state index in [4.69, 9.17) is 5.73 Å². The van der Waals surface area contributed by atoms with E-state index in [9.17, 15) is 4.39 Å². The monoisotopic (exact) mass is 349 g/mol. The summed E-state index contributed by atoms with van der Waals surface area (Å²) in [6.45, 7) is 0. The van der Waals surface area contributed by atoms with E-state index < -0.39 is 0 Å². The maximum absolute atomic E-state index is 13.4. The van der Waals surface area contributed by atoms with Gasteiger partial charge in [-0.2, -0.15) is 0 Å². The summed E-state index contributed by atoms with van der Waals surface area (Å²) in [5.41, 5.74) is 7.17. The van der Waals surface area contributed by atoms with Crippen molar-refractivity contribution in [2.75, 3.05) is 0 Å². The van der Waals surface area contributed by atoms with E-state index in [-0.39, 0.29) is 11.9 Å². The van der Waals surface area contributed by atoms with Crippen molar-refractivity contribution in [3.63, 3.8) is 0 Å². The van der Waals surface area contributed by atoms with Crippen LogP contribution in [0, 0.1) is 5.82 Å². The average Bonchev–Trinajstić information content (AvgIpc) is 2.81. The highest BCUT2D eigenvalue weighted by atomic mass is 79.9. The molecule has 0 spiro atoms. The first-order valence-corrected chi connectivity index (χ1v) is 7.92. The third kappa shape index (κ3) is 2.92. The predicted octanol–water partition coefficient (Wildman–Crippen LogP) is 5.05. The molecule has 20 heavy (non-hydrogen) atoms. The zero-order valence-electron chi connectivity index (χ0n) is 10.6. The molecule has 3 aromatic rings. The van der Waals surface area contributed by atoms with E-state index in [2.05, 4.69) is 34.1 Å². The van der Waals surface area contributed by atoms with Crippen LogP contribution in [0.25, 0.3) is 10.1 Å². The van der Waals surface area contributed by atoms with Crippen molar-refractivity contribution in [2.24, 2.45) is 5.73 Å². The molecule has 1 aromatic heterocycles. The van der Waals surface area contributed by atoms with Crippen molar-refractivity contribution >= 4 is 37.4 Å². The largest absolute Gasteiger partial charge is 0.323 e. The van der Waals surface area contributed by atoms with Crippen molar-refractivity contribution < 1.29 is 4.39 Å². The molecule has 3 rings (SSSR count). The lowest BCUT2D eigenvalue weighted by Crippen LogP contribution is -2.11. The predicted molar refractivity (Wildman–Crippen MR) is 86.6 cm³/mol. The zero-order valence-corrected chi connectivity index (χ0v) is 13.0. The highest BCUT2D eigenvalue weighted by molar-refractivity contribution is 9.10. The van der Waals surface area contributed by atoms with Gasteiger partial charge in [0.05, 0.1) is 0 Å². The van der Waals surface area contributed by atoms with Crippen LogP contribution in [0.2, 0.25) is 0 Å². The van der Waals surface area contributed by atoms with Gasteiger partial charge in [-0.3, -0.25) is 0 Å². The second-order valence-corrected chi connectivity index (χ2v) is 6.81. The Morgan fingerprint density at radius 1 is 1.15 bits per heavy atom. The van der Waals surface area contributed by atoms with Gasteiger partial charge in [0.25, 0.3) is 0 Å². The molecule has 0 amide bonds. The first kappa shape index (κ1) is 13.7. The Morgan fingerprint density at radius 3 is 2.70 bits per heavy atom. The van der Waals surface area contributed by atoms with Gasteiger partial charge in [0.1, 0.15) is 5.82 Å². The molecule has 0 radical (unpaired) electrons. The molecule has 0 bridgehead atoms. The van der Waals surface area contributed by atoms with Crippen LogP contribution >= 0.6 is 27.3 Å². The van der Waals surface area contributed by atoms with Gasteiger partial charge < -0.3 is 5.73 Å². The quantitative estimate of drug-likeness (QED) is 0.703. The first-order valence-electron chi connectivity index (χ1n) is 6.31. The fourth-order valence-corrected chi connectivity index (χ4v) is 3.85. The van der Waals surface area contributed by atoms with Crippen molar-refractivity contribution in [3.05, 3.63) is 69.3 Å². The fraction of sp³-hybridized carbons (Fsp3) is 0.125. The van der Waals surface area contributed by atoms with E-state index in [0.717, 1.165) is 14.9 Å². The molecule has 1 heterocycles. The Labute approximate surface area is 129 Å². The van der Waals surface area contributed by atoms with Gasteiger partial charge in [-0.1, -0.05) is 34.1 Å². The third-order valence-corrected chi connectivity index (χ3v) is 4.89. The summed E-state index contributed by atoms with van der Waals surface area (Å²) in [6, 6.07) is 15.1. The molecule has 0 aliphatic heterocycles. The molecule has 1 nitrogen and oxygen atoms in total. The molecule has 0 saturated heterocycles. The molecule has 0 aliphatic rings. The lowest BCUT2D eigenvalue weighted by molar-refractivity contribution is 0.621. The maximum Gasteiger partial charge on any atom is 0.124 e. The van der Waals surface area contributed by atoms with Gasteiger partial charge >= 0.3 is 0 Å². The minimum absolute atomic E-state index is 0.110. The number of benzene rings is 2. The Bertz CT molecular complexity index is 700. The van der Waals surface area contributed by atoms with Gasteiger partial charge in [-0.05, 0) is 47.7 Å². The minimum atomic E-state index is -0.238. The van der Waals surface area contributed by atoms with Crippen LogP contribution in [-0.2, 0) is 6.42 Å². The van der Waals surface area contributed by atoms with Gasteiger partial charge in [0.2, 0.25) is 0 Å². The smallest absolute Gasteiger partial charge is 0.124 e. The summed E-state index contributed by atoms with van der Waals surface area (Å²) in [7, 11) is 0. The highest BCUT2D eigenvalue weighted by Crippen LogP contribution is 2.30. The molecular weight excluding hydrogens is 337 g/mol. The number of fused-ring (bicyclic) bond motifs is 1. The highest BCUT2D eigenvalue weighted by Gasteiger charge is 2.12. The topological polar surface area (TPSA) is 26.0 Å². The van der Waals surface area contributed by atoms with Crippen LogP contribution in [0.4, 0.5) is 4.39 Å². The number of hydrogen-bond donors (Lipinski definition) is 1. The van der Waals surface area contributed by atoms with Crippen LogP contribution < -0.4 is 5.73 Å². The standard InChI is InChI=1S/C16H13BrFNS/c17-12-5-10(6-13(18)9-12)7-14(19)16-8-11-3-1-2-4-15(11)20-16/h1-6,8-9,14H,7,19H2. The van der Waals surface area contributed by atoms with E-state index >= 15 is 0 Å². The van der Waals surface area contributed by atoms with Gasteiger partial charge in [0.15, 0.2) is 0 Å². The Kier molecular flexibility index (Phi) is 3.87. The summed E-state index contributed by atoms with van der Waals surface area (Å²) in [6.07, 6.45) is 0.628. The minimum Gasteiger partial charge on any atom is -0.323 e. The molecule has 0 aliphatic carbocycles. The van der Waals surface area contributed by atoms with E-state index in [1.165, 1.54) is 22.2 Å². The van der Waals surface area contributed by atoms with Crippen LogP contribution in [-0.4, -0.2) is 0 Å². The third-order valence-electron chi connectivity index (χ3n) is 3.19. The first-order chi connectivity index (χ1) is 9.61. The molecular formula is C16H13BrFNS. The Hall–Kier alpha value is -1.23. The zero-order chi connectivity index (χ0) is 14.1. The number of hydrogen-bond acceptors (Lipinski definition) is 2. The summed E-state index contributed by atoms with van der Waals surface area (Å²) in [5.74, 6) is -0.238. The second kappa shape index (κ2) is 5.64. The van der Waals surface area contributed by atoms with Crippen molar-refractivity contribution in [1.29, 1.82) is 0 Å². The van der Waals surface area contributed by atoms with E-state index in [1.807, 2.05) is 18.2 Å². The van der Waals surface area contributed by atoms with Crippen molar-refractivity contribution in [3.8, 4) is 0 Å². The summed E-state index contributed by atoms with van der Waals surface area (Å²) < 4.78 is 15.4. The molecule has 1 unspecified atom stereocenters. The van der Waals surface area contributed by atoms with Crippen LogP contribution in [0.15, 0.2) is 53.0 Å². The molecule has 4 heteroatoms. The summed E-state index contributed by atoms with van der Waals surface area (Å²) >= 11 is 5.01. The lowest BCUT2D eigenvalue weighted by Gasteiger charge is -2.10. The molecule has 0 fully saturated rings. The van der Waals surface area contributed by atoms with Crippen LogP contribution in [0.1, 0.15) is 16.5 Å². The molecule has 2 aromatic carbocycles. The SMILES string of the molecule is NC(Cc1cc(F)cc(Br)c1)c1cc2ccccc2s1. The second-order valence-electron chi connectivity index (χ2n) is 4.77. The Morgan fingerprint density at radius 2 is 1.95 bits per heavy atom. The summed E-state index contributed by atoms with van der Waals surface area (Å²) in [4.78, 5) is 1.13. The van der Waals surface area contributed by atoms with E-state index in [0.29, 0.717) is 6.42 Å². The van der Waals surface area contributed by atoms with Gasteiger partial charge in [0, 0.05) is 20.1 Å². The molecule has 2 N–H and O–H groups in total. The van der Waals surface area contributed by atoms with Gasteiger partial charge in [-0.25, -0.2) is 4.39 Å². The van der Waals surface area contributed by atoms with Gasteiger partial charge in [-0.15, -0.1) is 11.3 Å². The summed E-state index contributed by atoms with van der Waals surface area (Å²) in [5, 5.41) is 1.21.